The van der Waals surface area contributed by atoms with Gasteiger partial charge in [-0.3, -0.25) is 0 Å². The first kappa shape index (κ1) is 19.0. The van der Waals surface area contributed by atoms with Crippen molar-refractivity contribution in [1.82, 2.24) is 4.98 Å². The number of aliphatic hydroxyl groups excluding tert-OH is 2. The number of nitrogens with zero attached hydrogens (tertiary/aromatic N) is 1. The minimum absolute atomic E-state index is 0.240. The SMILES string of the molecule is CC.CC(O)CCOc1ccc(Oc2cccc3c2OCC3O)cn1. The van der Waals surface area contributed by atoms with Gasteiger partial charge in [0.15, 0.2) is 11.5 Å². The molecule has 1 aliphatic rings. The Labute approximate surface area is 148 Å². The van der Waals surface area contributed by atoms with Gasteiger partial charge >= 0.3 is 0 Å². The van der Waals surface area contributed by atoms with Crippen LogP contribution in [0.2, 0.25) is 0 Å². The summed E-state index contributed by atoms with van der Waals surface area (Å²) in [6, 6.07) is 8.86. The van der Waals surface area contributed by atoms with Crippen LogP contribution in [0.1, 0.15) is 38.9 Å². The lowest BCUT2D eigenvalue weighted by molar-refractivity contribution is 0.140. The zero-order valence-electron chi connectivity index (χ0n) is 14.8. The third-order valence-electron chi connectivity index (χ3n) is 3.48. The van der Waals surface area contributed by atoms with Gasteiger partial charge in [-0.25, -0.2) is 4.98 Å². The predicted molar refractivity (Wildman–Crippen MR) is 94.3 cm³/mol. The minimum atomic E-state index is -0.614. The molecule has 0 aliphatic carbocycles. The molecule has 25 heavy (non-hydrogen) atoms. The van der Waals surface area contributed by atoms with Crippen molar-refractivity contribution in [3.63, 3.8) is 0 Å². The van der Waals surface area contributed by atoms with Gasteiger partial charge in [0.2, 0.25) is 5.88 Å². The van der Waals surface area contributed by atoms with E-state index in [9.17, 15) is 10.2 Å². The van der Waals surface area contributed by atoms with E-state index in [4.69, 9.17) is 14.2 Å². The van der Waals surface area contributed by atoms with Crippen LogP contribution in [-0.4, -0.2) is 34.5 Å². The van der Waals surface area contributed by atoms with Crippen molar-refractivity contribution in [2.24, 2.45) is 0 Å². The Kier molecular flexibility index (Phi) is 7.03. The van der Waals surface area contributed by atoms with Crippen LogP contribution in [0.25, 0.3) is 0 Å². The standard InChI is InChI=1S/C17H19NO5.C2H6/c1-11(19)7-8-21-16-6-5-12(9-18-16)23-15-4-2-3-13-14(20)10-22-17(13)15;1-2/h2-6,9,11,14,19-20H,7-8,10H2,1H3;1-2H3. The molecule has 136 valence electrons. The smallest absolute Gasteiger partial charge is 0.213 e. The summed E-state index contributed by atoms with van der Waals surface area (Å²) in [4.78, 5) is 4.16. The van der Waals surface area contributed by atoms with E-state index in [0.717, 1.165) is 5.56 Å². The quantitative estimate of drug-likeness (QED) is 0.833. The van der Waals surface area contributed by atoms with Crippen LogP contribution in [-0.2, 0) is 0 Å². The number of benzene rings is 1. The summed E-state index contributed by atoms with van der Waals surface area (Å²) in [5.41, 5.74) is 0.730. The number of aliphatic hydroxyl groups is 2. The van der Waals surface area contributed by atoms with Crippen LogP contribution in [0, 0.1) is 0 Å². The summed E-state index contributed by atoms with van der Waals surface area (Å²) in [6.45, 7) is 6.36. The summed E-state index contributed by atoms with van der Waals surface area (Å²) >= 11 is 0. The number of para-hydroxylation sites is 1. The molecule has 2 atom stereocenters. The molecule has 0 saturated carbocycles. The summed E-state index contributed by atoms with van der Waals surface area (Å²) in [6.07, 6.45) is 1.10. The summed E-state index contributed by atoms with van der Waals surface area (Å²) < 4.78 is 16.7. The van der Waals surface area contributed by atoms with E-state index in [1.807, 2.05) is 26.0 Å². The molecule has 6 heteroatoms. The second-order valence-corrected chi connectivity index (χ2v) is 5.42. The molecule has 2 N–H and O–H groups in total. The number of rotatable bonds is 6. The number of hydrogen-bond acceptors (Lipinski definition) is 6. The maximum Gasteiger partial charge on any atom is 0.213 e. The Bertz CT molecular complexity index is 657. The van der Waals surface area contributed by atoms with E-state index in [-0.39, 0.29) is 6.61 Å². The van der Waals surface area contributed by atoms with E-state index in [1.54, 1.807) is 31.3 Å². The van der Waals surface area contributed by atoms with Crippen molar-refractivity contribution >= 4 is 0 Å². The normalized spacial score (nSPS) is 16.1. The highest BCUT2D eigenvalue weighted by molar-refractivity contribution is 5.51. The van der Waals surface area contributed by atoms with Crippen molar-refractivity contribution in [3.05, 3.63) is 42.1 Å². The highest BCUT2D eigenvalue weighted by Crippen LogP contribution is 2.41. The first-order valence-corrected chi connectivity index (χ1v) is 8.52. The van der Waals surface area contributed by atoms with Crippen LogP contribution in [0.4, 0.5) is 0 Å². The number of fused-ring (bicyclic) bond motifs is 1. The van der Waals surface area contributed by atoms with Crippen LogP contribution >= 0.6 is 0 Å². The highest BCUT2D eigenvalue weighted by atomic mass is 16.5. The summed E-state index contributed by atoms with van der Waals surface area (Å²) in [5, 5.41) is 19.0. The van der Waals surface area contributed by atoms with Crippen LogP contribution in [0.15, 0.2) is 36.5 Å². The monoisotopic (exact) mass is 347 g/mol. The molecule has 6 nitrogen and oxygen atoms in total. The minimum Gasteiger partial charge on any atom is -0.486 e. The Morgan fingerprint density at radius 1 is 1.28 bits per heavy atom. The highest BCUT2D eigenvalue weighted by Gasteiger charge is 2.25. The van der Waals surface area contributed by atoms with Crippen molar-refractivity contribution < 1.29 is 24.4 Å². The fourth-order valence-electron chi connectivity index (χ4n) is 2.26. The first-order chi connectivity index (χ1) is 12.1. The molecule has 2 heterocycles. The number of aromatic nitrogens is 1. The van der Waals surface area contributed by atoms with Gasteiger partial charge in [0.1, 0.15) is 18.5 Å². The molecular formula is C19H25NO5. The molecule has 0 saturated heterocycles. The van der Waals surface area contributed by atoms with Crippen LogP contribution in [0.3, 0.4) is 0 Å². The number of hydrogen-bond donors (Lipinski definition) is 2. The zero-order valence-corrected chi connectivity index (χ0v) is 14.8. The topological polar surface area (TPSA) is 81.0 Å². The maximum absolute atomic E-state index is 9.80. The molecule has 1 aliphatic heterocycles. The molecule has 1 aromatic heterocycles. The van der Waals surface area contributed by atoms with Crippen molar-refractivity contribution in [2.45, 2.75) is 39.4 Å². The van der Waals surface area contributed by atoms with Crippen LogP contribution < -0.4 is 14.2 Å². The third-order valence-corrected chi connectivity index (χ3v) is 3.48. The number of ether oxygens (including phenoxy) is 3. The van der Waals surface area contributed by atoms with E-state index in [0.29, 0.717) is 36.2 Å². The van der Waals surface area contributed by atoms with Gasteiger partial charge < -0.3 is 24.4 Å². The van der Waals surface area contributed by atoms with Gasteiger partial charge in [0, 0.05) is 18.1 Å². The molecule has 0 fully saturated rings. The number of pyridine rings is 1. The molecule has 2 unspecified atom stereocenters. The first-order valence-electron chi connectivity index (χ1n) is 8.52. The second-order valence-electron chi connectivity index (χ2n) is 5.42. The third kappa shape index (κ3) is 5.08. The zero-order chi connectivity index (χ0) is 18.2. The lowest BCUT2D eigenvalue weighted by atomic mass is 10.1. The van der Waals surface area contributed by atoms with Crippen molar-refractivity contribution in [2.75, 3.05) is 13.2 Å². The van der Waals surface area contributed by atoms with Gasteiger partial charge in [0.25, 0.3) is 0 Å². The molecule has 0 spiro atoms. The fraction of sp³-hybridized carbons (Fsp3) is 0.421. The maximum atomic E-state index is 9.80. The Hall–Kier alpha value is -2.31. The average molecular weight is 347 g/mol. The fourth-order valence-corrected chi connectivity index (χ4v) is 2.26. The van der Waals surface area contributed by atoms with Crippen molar-refractivity contribution in [3.8, 4) is 23.1 Å². The molecule has 0 amide bonds. The molecule has 1 aromatic carbocycles. The summed E-state index contributed by atoms with van der Waals surface area (Å²) in [7, 11) is 0. The summed E-state index contributed by atoms with van der Waals surface area (Å²) in [5.74, 6) is 2.13. The molecule has 2 aromatic rings. The van der Waals surface area contributed by atoms with Gasteiger partial charge in [-0.05, 0) is 19.1 Å². The average Bonchev–Trinajstić information content (AvgIpc) is 3.00. The van der Waals surface area contributed by atoms with Crippen molar-refractivity contribution in [1.29, 1.82) is 0 Å². The van der Waals surface area contributed by atoms with E-state index in [1.165, 1.54) is 0 Å². The lowest BCUT2D eigenvalue weighted by Gasteiger charge is -2.10. The Morgan fingerprint density at radius 3 is 2.76 bits per heavy atom. The second kappa shape index (κ2) is 9.25. The lowest BCUT2D eigenvalue weighted by Crippen LogP contribution is -2.07. The van der Waals surface area contributed by atoms with Gasteiger partial charge in [-0.15, -0.1) is 0 Å². The van der Waals surface area contributed by atoms with E-state index >= 15 is 0 Å². The molecule has 0 radical (unpaired) electrons. The Balaban J connectivity index is 0.00000109. The van der Waals surface area contributed by atoms with Gasteiger partial charge in [0.05, 0.1) is 18.9 Å². The Morgan fingerprint density at radius 2 is 2.08 bits per heavy atom. The largest absolute Gasteiger partial charge is 0.486 e. The molecular weight excluding hydrogens is 322 g/mol. The molecule has 0 bridgehead atoms. The molecule has 3 rings (SSSR count). The van der Waals surface area contributed by atoms with Crippen LogP contribution in [0.5, 0.6) is 23.1 Å². The van der Waals surface area contributed by atoms with E-state index < -0.39 is 12.2 Å². The van der Waals surface area contributed by atoms with E-state index in [2.05, 4.69) is 4.98 Å². The van der Waals surface area contributed by atoms with Gasteiger partial charge in [-0.2, -0.15) is 0 Å². The van der Waals surface area contributed by atoms with Gasteiger partial charge in [-0.1, -0.05) is 26.0 Å². The predicted octanol–water partition coefficient (Wildman–Crippen LogP) is 3.48.